The van der Waals surface area contributed by atoms with Gasteiger partial charge in [-0.05, 0) is 36.5 Å². The van der Waals surface area contributed by atoms with Gasteiger partial charge in [0.2, 0.25) is 0 Å². The zero-order valence-corrected chi connectivity index (χ0v) is 16.7. The molecule has 1 N–H and O–H groups in total. The predicted octanol–water partition coefficient (Wildman–Crippen LogP) is 4.08. The van der Waals surface area contributed by atoms with Gasteiger partial charge in [-0.15, -0.1) is 11.3 Å². The monoisotopic (exact) mass is 396 g/mol. The fourth-order valence-corrected chi connectivity index (χ4v) is 3.86. The number of aromatic nitrogens is 1. The molecule has 28 heavy (non-hydrogen) atoms. The maximum absolute atomic E-state index is 11.9. The first kappa shape index (κ1) is 20.0. The molecule has 146 valence electrons. The standard InChI is InChI=1S/C22H24N2O3S/c1-16(17-8-3-2-4-9-17)14-23-20(25)15-27-22(26)13-7-12-21-24-18-10-5-6-11-19(18)28-21/h2-6,8-11,16H,7,12-15H2,1H3,(H,23,25)/t16-/m0/s1. The third kappa shape index (κ3) is 5.89. The number of rotatable bonds is 9. The molecule has 3 rings (SSSR count). The van der Waals surface area contributed by atoms with Crippen molar-refractivity contribution in [1.82, 2.24) is 10.3 Å². The van der Waals surface area contributed by atoms with Crippen LogP contribution < -0.4 is 5.32 Å². The number of carbonyl (C=O) groups excluding carboxylic acids is 2. The van der Waals surface area contributed by atoms with Gasteiger partial charge in [0.15, 0.2) is 6.61 Å². The molecule has 0 spiro atoms. The van der Waals surface area contributed by atoms with Crippen LogP contribution in [0.2, 0.25) is 0 Å². The summed E-state index contributed by atoms with van der Waals surface area (Å²) in [5.41, 5.74) is 2.15. The van der Waals surface area contributed by atoms with Crippen molar-refractivity contribution in [3.05, 3.63) is 65.2 Å². The predicted molar refractivity (Wildman–Crippen MR) is 111 cm³/mol. The van der Waals surface area contributed by atoms with Crippen molar-refractivity contribution in [3.63, 3.8) is 0 Å². The number of nitrogens with one attached hydrogen (secondary N) is 1. The van der Waals surface area contributed by atoms with E-state index in [9.17, 15) is 9.59 Å². The summed E-state index contributed by atoms with van der Waals surface area (Å²) in [5.74, 6) is -0.427. The van der Waals surface area contributed by atoms with Gasteiger partial charge in [-0.1, -0.05) is 49.4 Å². The van der Waals surface area contributed by atoms with Crippen molar-refractivity contribution >= 4 is 33.4 Å². The Labute approximate surface area is 168 Å². The lowest BCUT2D eigenvalue weighted by atomic mass is 10.0. The quantitative estimate of drug-likeness (QED) is 0.553. The molecule has 3 aromatic rings. The zero-order chi connectivity index (χ0) is 19.8. The number of hydrogen-bond acceptors (Lipinski definition) is 5. The molecule has 0 saturated heterocycles. The first-order valence-corrected chi connectivity index (χ1v) is 10.2. The molecule has 0 bridgehead atoms. The number of thiazole rings is 1. The van der Waals surface area contributed by atoms with Crippen LogP contribution in [-0.4, -0.2) is 30.0 Å². The Morgan fingerprint density at radius 2 is 1.86 bits per heavy atom. The second-order valence-corrected chi connectivity index (χ2v) is 7.82. The number of amides is 1. The van der Waals surface area contributed by atoms with Crippen LogP contribution in [0.5, 0.6) is 0 Å². The van der Waals surface area contributed by atoms with Crippen LogP contribution in [0.25, 0.3) is 10.2 Å². The average molecular weight is 397 g/mol. The summed E-state index contributed by atoms with van der Waals surface area (Å²) >= 11 is 1.65. The summed E-state index contributed by atoms with van der Waals surface area (Å²) in [6, 6.07) is 18.0. The molecule has 0 aliphatic rings. The Bertz CT molecular complexity index is 891. The first-order valence-electron chi connectivity index (χ1n) is 9.43. The Hall–Kier alpha value is -2.73. The Morgan fingerprint density at radius 3 is 2.64 bits per heavy atom. The minimum absolute atomic E-state index is 0.203. The van der Waals surface area contributed by atoms with Crippen LogP contribution in [0.3, 0.4) is 0 Å². The van der Waals surface area contributed by atoms with Gasteiger partial charge in [0.05, 0.1) is 15.2 Å². The summed E-state index contributed by atoms with van der Waals surface area (Å²) in [6.07, 6.45) is 1.67. The van der Waals surface area contributed by atoms with E-state index in [1.54, 1.807) is 11.3 Å². The third-order valence-corrected chi connectivity index (χ3v) is 5.54. The lowest BCUT2D eigenvalue weighted by Gasteiger charge is -2.13. The number of nitrogens with zero attached hydrogens (tertiary/aromatic N) is 1. The van der Waals surface area contributed by atoms with E-state index >= 15 is 0 Å². The molecule has 0 saturated carbocycles. The van der Waals surface area contributed by atoms with E-state index in [1.807, 2.05) is 61.5 Å². The summed E-state index contributed by atoms with van der Waals surface area (Å²) in [4.78, 5) is 28.3. The van der Waals surface area contributed by atoms with E-state index in [-0.39, 0.29) is 30.8 Å². The minimum Gasteiger partial charge on any atom is -0.456 e. The van der Waals surface area contributed by atoms with Crippen molar-refractivity contribution in [3.8, 4) is 0 Å². The average Bonchev–Trinajstić information content (AvgIpc) is 3.14. The van der Waals surface area contributed by atoms with Gasteiger partial charge in [0.25, 0.3) is 5.91 Å². The molecule has 0 fully saturated rings. The maximum Gasteiger partial charge on any atom is 0.306 e. The molecule has 0 radical (unpaired) electrons. The molecule has 1 amide bonds. The van der Waals surface area contributed by atoms with Crippen LogP contribution in [0.1, 0.15) is 36.3 Å². The summed E-state index contributed by atoms with van der Waals surface area (Å²) < 4.78 is 6.22. The van der Waals surface area contributed by atoms with Crippen LogP contribution >= 0.6 is 11.3 Å². The molecule has 6 heteroatoms. The number of fused-ring (bicyclic) bond motifs is 1. The number of benzene rings is 2. The molecule has 1 heterocycles. The zero-order valence-electron chi connectivity index (χ0n) is 15.9. The fourth-order valence-electron chi connectivity index (χ4n) is 2.85. The van der Waals surface area contributed by atoms with Gasteiger partial charge < -0.3 is 10.1 Å². The van der Waals surface area contributed by atoms with E-state index in [0.717, 1.165) is 27.2 Å². The second-order valence-electron chi connectivity index (χ2n) is 6.71. The Kier molecular flexibility index (Phi) is 7.14. The molecule has 2 aromatic carbocycles. The second kappa shape index (κ2) is 9.99. The van der Waals surface area contributed by atoms with Crippen molar-refractivity contribution in [2.24, 2.45) is 0 Å². The molecular weight excluding hydrogens is 372 g/mol. The smallest absolute Gasteiger partial charge is 0.306 e. The maximum atomic E-state index is 11.9. The number of aryl methyl sites for hydroxylation is 1. The largest absolute Gasteiger partial charge is 0.456 e. The molecule has 1 atom stereocenters. The van der Waals surface area contributed by atoms with Gasteiger partial charge in [0.1, 0.15) is 0 Å². The number of para-hydroxylation sites is 1. The number of hydrogen-bond donors (Lipinski definition) is 1. The molecule has 5 nitrogen and oxygen atoms in total. The summed E-state index contributed by atoms with van der Waals surface area (Å²) in [5, 5.41) is 3.82. The first-order chi connectivity index (χ1) is 13.6. The van der Waals surface area contributed by atoms with Gasteiger partial charge in [-0.25, -0.2) is 4.98 Å². The van der Waals surface area contributed by atoms with Crippen molar-refractivity contribution in [2.45, 2.75) is 32.1 Å². The van der Waals surface area contributed by atoms with Crippen LogP contribution in [0.15, 0.2) is 54.6 Å². The normalized spacial score (nSPS) is 11.9. The van der Waals surface area contributed by atoms with Gasteiger partial charge in [-0.2, -0.15) is 0 Å². The number of carbonyl (C=O) groups is 2. The van der Waals surface area contributed by atoms with Crippen molar-refractivity contribution in [2.75, 3.05) is 13.2 Å². The molecule has 0 aliphatic heterocycles. The summed E-state index contributed by atoms with van der Waals surface area (Å²) in [7, 11) is 0. The van der Waals surface area contributed by atoms with Crippen LogP contribution in [0.4, 0.5) is 0 Å². The number of ether oxygens (including phenoxy) is 1. The molecular formula is C22H24N2O3S. The third-order valence-electron chi connectivity index (χ3n) is 4.45. The van der Waals surface area contributed by atoms with Crippen LogP contribution in [0, 0.1) is 0 Å². The van der Waals surface area contributed by atoms with Gasteiger partial charge in [-0.3, -0.25) is 9.59 Å². The Morgan fingerprint density at radius 1 is 1.11 bits per heavy atom. The lowest BCUT2D eigenvalue weighted by molar-refractivity contribution is -0.148. The van der Waals surface area contributed by atoms with E-state index in [2.05, 4.69) is 10.3 Å². The highest BCUT2D eigenvalue weighted by molar-refractivity contribution is 7.18. The fraction of sp³-hybridized carbons (Fsp3) is 0.318. The topological polar surface area (TPSA) is 68.3 Å². The Balaban J connectivity index is 1.32. The van der Waals surface area contributed by atoms with Crippen LogP contribution in [-0.2, 0) is 20.7 Å². The molecule has 0 aliphatic carbocycles. The number of esters is 1. The van der Waals surface area contributed by atoms with Crippen molar-refractivity contribution < 1.29 is 14.3 Å². The highest BCUT2D eigenvalue weighted by atomic mass is 32.1. The highest BCUT2D eigenvalue weighted by Gasteiger charge is 2.11. The van der Waals surface area contributed by atoms with Gasteiger partial charge in [0, 0.05) is 13.0 Å². The minimum atomic E-state index is -0.354. The van der Waals surface area contributed by atoms with E-state index in [0.29, 0.717) is 13.0 Å². The van der Waals surface area contributed by atoms with E-state index in [1.165, 1.54) is 0 Å². The van der Waals surface area contributed by atoms with Gasteiger partial charge >= 0.3 is 5.97 Å². The SMILES string of the molecule is C[C@@H](CNC(=O)COC(=O)CCCc1nc2ccccc2s1)c1ccccc1. The molecule has 1 aromatic heterocycles. The highest BCUT2D eigenvalue weighted by Crippen LogP contribution is 2.22. The summed E-state index contributed by atoms with van der Waals surface area (Å²) in [6.45, 7) is 2.32. The lowest BCUT2D eigenvalue weighted by Crippen LogP contribution is -2.31. The molecule has 0 unspecified atom stereocenters. The van der Waals surface area contributed by atoms with E-state index in [4.69, 9.17) is 4.74 Å². The van der Waals surface area contributed by atoms with E-state index < -0.39 is 0 Å². The van der Waals surface area contributed by atoms with Crippen molar-refractivity contribution in [1.29, 1.82) is 0 Å².